The summed E-state index contributed by atoms with van der Waals surface area (Å²) in [5.41, 5.74) is 1.13. The maximum Gasteiger partial charge on any atom is 0.123 e. The van der Waals surface area contributed by atoms with Crippen molar-refractivity contribution in [1.29, 1.82) is 0 Å². The third-order valence-electron chi connectivity index (χ3n) is 3.51. The van der Waals surface area contributed by atoms with E-state index in [9.17, 15) is 4.39 Å². The zero-order valence-electron chi connectivity index (χ0n) is 9.88. The molecule has 88 valence electrons. The molecule has 2 rings (SSSR count). The molecular formula is C14H20FN. The van der Waals surface area contributed by atoms with Crippen LogP contribution in [0, 0.1) is 11.7 Å². The topological polar surface area (TPSA) is 12.0 Å². The Bertz CT molecular complexity index is 337. The summed E-state index contributed by atoms with van der Waals surface area (Å²) in [6, 6.07) is 7.65. The monoisotopic (exact) mass is 221 g/mol. The first kappa shape index (κ1) is 11.6. The van der Waals surface area contributed by atoms with Crippen LogP contribution in [0.15, 0.2) is 24.3 Å². The van der Waals surface area contributed by atoms with Crippen molar-refractivity contribution in [1.82, 2.24) is 5.32 Å². The maximum atomic E-state index is 13.1. The lowest BCUT2D eigenvalue weighted by Crippen LogP contribution is -2.33. The van der Waals surface area contributed by atoms with Crippen LogP contribution in [0.4, 0.5) is 4.39 Å². The second-order valence-corrected chi connectivity index (χ2v) is 4.69. The van der Waals surface area contributed by atoms with E-state index in [1.165, 1.54) is 25.3 Å². The van der Waals surface area contributed by atoms with E-state index in [0.29, 0.717) is 12.0 Å². The van der Waals surface area contributed by atoms with E-state index in [1.54, 1.807) is 6.07 Å². The van der Waals surface area contributed by atoms with E-state index in [-0.39, 0.29) is 5.82 Å². The molecule has 16 heavy (non-hydrogen) atoms. The fourth-order valence-electron chi connectivity index (χ4n) is 2.78. The lowest BCUT2D eigenvalue weighted by Gasteiger charge is -2.20. The largest absolute Gasteiger partial charge is 0.314 e. The molecule has 2 heteroatoms. The van der Waals surface area contributed by atoms with Gasteiger partial charge >= 0.3 is 0 Å². The van der Waals surface area contributed by atoms with Crippen molar-refractivity contribution in [2.75, 3.05) is 6.54 Å². The zero-order valence-corrected chi connectivity index (χ0v) is 9.88. The fraction of sp³-hybridized carbons (Fsp3) is 0.571. The second kappa shape index (κ2) is 5.44. The molecule has 0 heterocycles. The van der Waals surface area contributed by atoms with Gasteiger partial charge in [0, 0.05) is 6.04 Å². The summed E-state index contributed by atoms with van der Waals surface area (Å²) in [4.78, 5) is 0. The van der Waals surface area contributed by atoms with Gasteiger partial charge in [0.25, 0.3) is 0 Å². The van der Waals surface area contributed by atoms with Gasteiger partial charge in [-0.15, -0.1) is 0 Å². The van der Waals surface area contributed by atoms with E-state index < -0.39 is 0 Å². The summed E-state index contributed by atoms with van der Waals surface area (Å²) in [6.07, 6.45) is 4.86. The van der Waals surface area contributed by atoms with Gasteiger partial charge in [0.15, 0.2) is 0 Å². The summed E-state index contributed by atoms with van der Waals surface area (Å²) in [6.45, 7) is 3.18. The first-order valence-corrected chi connectivity index (χ1v) is 6.27. The lowest BCUT2D eigenvalue weighted by molar-refractivity contribution is 0.405. The van der Waals surface area contributed by atoms with Crippen molar-refractivity contribution in [3.05, 3.63) is 35.6 Å². The zero-order chi connectivity index (χ0) is 11.4. The molecule has 1 aromatic rings. The number of hydrogen-bond donors (Lipinski definition) is 1. The van der Waals surface area contributed by atoms with E-state index >= 15 is 0 Å². The molecule has 0 aliphatic heterocycles. The normalized spacial score (nSPS) is 24.9. The van der Waals surface area contributed by atoms with Crippen molar-refractivity contribution < 1.29 is 4.39 Å². The summed E-state index contributed by atoms with van der Waals surface area (Å²) in [5, 5.41) is 3.54. The van der Waals surface area contributed by atoms with Gasteiger partial charge in [-0.25, -0.2) is 4.39 Å². The van der Waals surface area contributed by atoms with Gasteiger partial charge < -0.3 is 5.32 Å². The van der Waals surface area contributed by atoms with E-state index in [1.807, 2.05) is 12.1 Å². The minimum absolute atomic E-state index is 0.115. The number of nitrogens with one attached hydrogen (secondary N) is 1. The Balaban J connectivity index is 1.98. The number of hydrogen-bond acceptors (Lipinski definition) is 1. The first-order chi connectivity index (χ1) is 7.79. The van der Waals surface area contributed by atoms with Crippen LogP contribution in [-0.2, 0) is 6.42 Å². The second-order valence-electron chi connectivity index (χ2n) is 4.69. The van der Waals surface area contributed by atoms with E-state index in [2.05, 4.69) is 12.2 Å². The van der Waals surface area contributed by atoms with Crippen molar-refractivity contribution in [2.24, 2.45) is 5.92 Å². The minimum Gasteiger partial charge on any atom is -0.314 e. The molecule has 0 bridgehead atoms. The summed E-state index contributed by atoms with van der Waals surface area (Å²) >= 11 is 0. The highest BCUT2D eigenvalue weighted by molar-refractivity contribution is 5.17. The molecule has 2 unspecified atom stereocenters. The number of rotatable bonds is 4. The third kappa shape index (κ3) is 2.82. The van der Waals surface area contributed by atoms with Crippen molar-refractivity contribution in [2.45, 2.75) is 38.6 Å². The predicted molar refractivity (Wildman–Crippen MR) is 64.9 cm³/mol. The summed E-state index contributed by atoms with van der Waals surface area (Å²) in [5.74, 6) is 0.567. The van der Waals surface area contributed by atoms with Gasteiger partial charge in [0.2, 0.25) is 0 Å². The molecule has 1 fully saturated rings. The molecule has 0 aromatic heterocycles. The smallest absolute Gasteiger partial charge is 0.123 e. The quantitative estimate of drug-likeness (QED) is 0.823. The Morgan fingerprint density at radius 3 is 3.00 bits per heavy atom. The molecule has 1 aliphatic rings. The molecule has 1 saturated carbocycles. The average molecular weight is 221 g/mol. The van der Waals surface area contributed by atoms with Crippen molar-refractivity contribution in [3.63, 3.8) is 0 Å². The minimum atomic E-state index is -0.115. The van der Waals surface area contributed by atoms with E-state index in [4.69, 9.17) is 0 Å². The molecule has 1 N–H and O–H groups in total. The SMILES string of the molecule is CCNC1CCCC1Cc1cccc(F)c1. The highest BCUT2D eigenvalue weighted by Crippen LogP contribution is 2.28. The summed E-state index contributed by atoms with van der Waals surface area (Å²) < 4.78 is 13.1. The van der Waals surface area contributed by atoms with Crippen molar-refractivity contribution >= 4 is 0 Å². The molecule has 1 nitrogen and oxygen atoms in total. The Morgan fingerprint density at radius 2 is 2.25 bits per heavy atom. The van der Waals surface area contributed by atoms with Crippen LogP contribution in [0.25, 0.3) is 0 Å². The molecule has 1 aromatic carbocycles. The van der Waals surface area contributed by atoms with E-state index in [0.717, 1.165) is 18.5 Å². The Kier molecular flexibility index (Phi) is 3.94. The van der Waals surface area contributed by atoms with Crippen LogP contribution in [-0.4, -0.2) is 12.6 Å². The van der Waals surface area contributed by atoms with Crippen LogP contribution in [0.3, 0.4) is 0 Å². The molecular weight excluding hydrogens is 201 g/mol. The first-order valence-electron chi connectivity index (χ1n) is 6.27. The van der Waals surface area contributed by atoms with Gasteiger partial charge in [-0.1, -0.05) is 25.5 Å². The van der Waals surface area contributed by atoms with Crippen LogP contribution < -0.4 is 5.32 Å². The highest BCUT2D eigenvalue weighted by atomic mass is 19.1. The third-order valence-corrected chi connectivity index (χ3v) is 3.51. The number of halogens is 1. The molecule has 0 amide bonds. The number of benzene rings is 1. The average Bonchev–Trinajstić information content (AvgIpc) is 2.66. The fourth-order valence-corrected chi connectivity index (χ4v) is 2.78. The van der Waals surface area contributed by atoms with Gasteiger partial charge in [-0.05, 0) is 49.4 Å². The van der Waals surface area contributed by atoms with Gasteiger partial charge in [0.05, 0.1) is 0 Å². The Hall–Kier alpha value is -0.890. The molecule has 0 spiro atoms. The highest BCUT2D eigenvalue weighted by Gasteiger charge is 2.26. The van der Waals surface area contributed by atoms with Crippen LogP contribution in [0.2, 0.25) is 0 Å². The van der Waals surface area contributed by atoms with Crippen molar-refractivity contribution in [3.8, 4) is 0 Å². The standard InChI is InChI=1S/C14H20FN/c1-2-16-14-8-4-6-12(14)9-11-5-3-7-13(15)10-11/h3,5,7,10,12,14,16H,2,4,6,8-9H2,1H3. The van der Waals surface area contributed by atoms with Gasteiger partial charge in [-0.3, -0.25) is 0 Å². The van der Waals surface area contributed by atoms with Gasteiger partial charge in [-0.2, -0.15) is 0 Å². The van der Waals surface area contributed by atoms with Crippen LogP contribution in [0.1, 0.15) is 31.7 Å². The molecule has 2 atom stereocenters. The maximum absolute atomic E-state index is 13.1. The Morgan fingerprint density at radius 1 is 1.38 bits per heavy atom. The molecule has 0 saturated heterocycles. The van der Waals surface area contributed by atoms with Crippen LogP contribution in [0.5, 0.6) is 0 Å². The Labute approximate surface area is 97.1 Å². The lowest BCUT2D eigenvalue weighted by atomic mass is 9.94. The molecule has 0 radical (unpaired) electrons. The van der Waals surface area contributed by atoms with Gasteiger partial charge in [0.1, 0.15) is 5.82 Å². The summed E-state index contributed by atoms with van der Waals surface area (Å²) in [7, 11) is 0. The molecule has 1 aliphatic carbocycles. The van der Waals surface area contributed by atoms with Crippen LogP contribution >= 0.6 is 0 Å². The predicted octanol–water partition coefficient (Wildman–Crippen LogP) is 3.15.